The molecule has 0 unspecified atom stereocenters. The number of tetrazole rings is 1. The minimum absolute atomic E-state index is 0.317. The number of amides is 1. The molecule has 1 aromatic rings. The Bertz CT molecular complexity index is 359. The number of nitrogens with two attached hydrogens (primary N) is 1. The maximum absolute atomic E-state index is 10.6. The summed E-state index contributed by atoms with van der Waals surface area (Å²) in [6.45, 7) is 2.91. The number of nitrogens with zero attached hydrogens (tertiary/aromatic N) is 4. The number of nitrogens with one attached hydrogen (secondary N) is 1. The monoisotopic (exact) mass is 274 g/mol. The van der Waals surface area contributed by atoms with Gasteiger partial charge in [0.2, 0.25) is 11.1 Å². The Morgan fingerprint density at radius 1 is 1.56 bits per heavy atom. The summed E-state index contributed by atoms with van der Waals surface area (Å²) in [4.78, 5) is 10.6. The molecule has 0 aromatic carbocycles. The van der Waals surface area contributed by atoms with E-state index < -0.39 is 0 Å². The highest BCUT2D eigenvalue weighted by atomic mass is 32.2. The van der Waals surface area contributed by atoms with Crippen LogP contribution in [0.2, 0.25) is 0 Å². The van der Waals surface area contributed by atoms with E-state index in [9.17, 15) is 4.79 Å². The highest BCUT2D eigenvalue weighted by Crippen LogP contribution is 2.13. The lowest BCUT2D eigenvalue weighted by atomic mass is 10.5. The van der Waals surface area contributed by atoms with Crippen molar-refractivity contribution >= 4 is 17.7 Å². The first kappa shape index (κ1) is 14.9. The zero-order valence-electron chi connectivity index (χ0n) is 10.3. The zero-order valence-corrected chi connectivity index (χ0v) is 11.2. The van der Waals surface area contributed by atoms with E-state index in [-0.39, 0.29) is 5.91 Å². The van der Waals surface area contributed by atoms with E-state index in [1.807, 2.05) is 0 Å². The molecular weight excluding hydrogens is 256 g/mol. The lowest BCUT2D eigenvalue weighted by Crippen LogP contribution is -2.24. The third kappa shape index (κ3) is 5.94. The van der Waals surface area contributed by atoms with E-state index in [1.165, 1.54) is 11.8 Å². The molecular formula is C9H18N6O2S. The predicted molar refractivity (Wildman–Crippen MR) is 67.1 cm³/mol. The topological polar surface area (TPSA) is 108 Å². The molecule has 102 valence electrons. The second-order valence-corrected chi connectivity index (χ2v) is 4.55. The van der Waals surface area contributed by atoms with Crippen molar-refractivity contribution in [1.82, 2.24) is 25.5 Å². The van der Waals surface area contributed by atoms with Gasteiger partial charge in [-0.1, -0.05) is 11.8 Å². The number of thioether (sulfide) groups is 1. The van der Waals surface area contributed by atoms with Gasteiger partial charge in [0.05, 0.1) is 13.2 Å². The molecule has 1 amide bonds. The van der Waals surface area contributed by atoms with Crippen molar-refractivity contribution in [3.05, 3.63) is 0 Å². The summed E-state index contributed by atoms with van der Waals surface area (Å²) >= 11 is 1.42. The molecule has 3 N–H and O–H groups in total. The van der Waals surface area contributed by atoms with Crippen LogP contribution in [-0.2, 0) is 16.1 Å². The van der Waals surface area contributed by atoms with Crippen molar-refractivity contribution in [1.29, 1.82) is 0 Å². The molecule has 1 heterocycles. The largest absolute Gasteiger partial charge is 0.383 e. The van der Waals surface area contributed by atoms with Crippen LogP contribution in [0.15, 0.2) is 5.16 Å². The van der Waals surface area contributed by atoms with Gasteiger partial charge in [-0.3, -0.25) is 4.79 Å². The second-order valence-electron chi connectivity index (χ2n) is 3.49. The second kappa shape index (κ2) is 8.84. The minimum atomic E-state index is -0.317. The summed E-state index contributed by atoms with van der Waals surface area (Å²) in [6, 6.07) is 0. The number of carbonyl (C=O) groups is 1. The van der Waals surface area contributed by atoms with Crippen molar-refractivity contribution in [2.24, 2.45) is 5.73 Å². The van der Waals surface area contributed by atoms with Crippen molar-refractivity contribution in [3.8, 4) is 0 Å². The molecule has 1 rings (SSSR count). The number of rotatable bonds is 10. The van der Waals surface area contributed by atoms with Gasteiger partial charge in [-0.2, -0.15) is 0 Å². The van der Waals surface area contributed by atoms with E-state index in [4.69, 9.17) is 10.5 Å². The highest BCUT2D eigenvalue weighted by Gasteiger charge is 2.06. The van der Waals surface area contributed by atoms with Crippen molar-refractivity contribution in [2.45, 2.75) is 18.1 Å². The summed E-state index contributed by atoms with van der Waals surface area (Å²) in [5, 5.41) is 15.3. The Balaban J connectivity index is 2.24. The van der Waals surface area contributed by atoms with Gasteiger partial charge in [-0.15, -0.1) is 5.10 Å². The van der Waals surface area contributed by atoms with Gasteiger partial charge in [0, 0.05) is 32.4 Å². The van der Waals surface area contributed by atoms with Gasteiger partial charge in [-0.05, 0) is 10.4 Å². The van der Waals surface area contributed by atoms with Crippen LogP contribution in [-0.4, -0.2) is 58.7 Å². The standard InChI is InChI=1S/C9H18N6O2S/c1-17-6-4-11-3-5-15-9(12-13-14-15)18-7-2-8(10)16/h11H,2-7H2,1H3,(H2,10,16). The van der Waals surface area contributed by atoms with Crippen LogP contribution in [0.3, 0.4) is 0 Å². The van der Waals surface area contributed by atoms with E-state index in [0.29, 0.717) is 30.5 Å². The Morgan fingerprint density at radius 2 is 2.39 bits per heavy atom. The minimum Gasteiger partial charge on any atom is -0.383 e. The molecule has 0 radical (unpaired) electrons. The first-order valence-electron chi connectivity index (χ1n) is 5.61. The fraction of sp³-hybridized carbons (Fsp3) is 0.778. The van der Waals surface area contributed by atoms with Crippen molar-refractivity contribution in [3.63, 3.8) is 0 Å². The summed E-state index contributed by atoms with van der Waals surface area (Å²) < 4.78 is 6.62. The van der Waals surface area contributed by atoms with Crippen LogP contribution in [0.4, 0.5) is 0 Å². The van der Waals surface area contributed by atoms with Gasteiger partial charge in [-0.25, -0.2) is 4.68 Å². The average Bonchev–Trinajstić information content (AvgIpc) is 2.76. The number of hydrogen-bond donors (Lipinski definition) is 2. The van der Waals surface area contributed by atoms with Crippen LogP contribution in [0.5, 0.6) is 0 Å². The Hall–Kier alpha value is -1.19. The number of methoxy groups -OCH3 is 1. The maximum Gasteiger partial charge on any atom is 0.218 e. The Kier molecular flexibility index (Phi) is 7.30. The molecule has 0 fully saturated rings. The molecule has 0 aliphatic rings. The molecule has 1 aromatic heterocycles. The molecule has 18 heavy (non-hydrogen) atoms. The van der Waals surface area contributed by atoms with Crippen LogP contribution in [0, 0.1) is 0 Å². The maximum atomic E-state index is 10.6. The lowest BCUT2D eigenvalue weighted by molar-refractivity contribution is -0.117. The number of aromatic nitrogens is 4. The van der Waals surface area contributed by atoms with Crippen molar-refractivity contribution in [2.75, 3.05) is 32.6 Å². The van der Waals surface area contributed by atoms with E-state index in [0.717, 1.165) is 13.1 Å². The van der Waals surface area contributed by atoms with Crippen LogP contribution in [0.1, 0.15) is 6.42 Å². The van der Waals surface area contributed by atoms with Gasteiger partial charge >= 0.3 is 0 Å². The smallest absolute Gasteiger partial charge is 0.218 e. The fourth-order valence-corrected chi connectivity index (χ4v) is 2.02. The zero-order chi connectivity index (χ0) is 13.2. The van der Waals surface area contributed by atoms with E-state index in [1.54, 1.807) is 11.8 Å². The summed E-state index contributed by atoms with van der Waals surface area (Å²) in [7, 11) is 1.66. The summed E-state index contributed by atoms with van der Waals surface area (Å²) in [5.41, 5.74) is 5.06. The third-order valence-electron chi connectivity index (χ3n) is 2.06. The number of primary amides is 1. The van der Waals surface area contributed by atoms with Crippen LogP contribution < -0.4 is 11.1 Å². The summed E-state index contributed by atoms with van der Waals surface area (Å²) in [5.74, 6) is 0.273. The Labute approximate surface area is 110 Å². The highest BCUT2D eigenvalue weighted by molar-refractivity contribution is 7.99. The van der Waals surface area contributed by atoms with Gasteiger partial charge < -0.3 is 15.8 Å². The van der Waals surface area contributed by atoms with Gasteiger partial charge in [0.15, 0.2) is 0 Å². The first-order valence-corrected chi connectivity index (χ1v) is 6.59. The number of hydrogen-bond acceptors (Lipinski definition) is 7. The molecule has 0 saturated carbocycles. The molecule has 0 bridgehead atoms. The van der Waals surface area contributed by atoms with Gasteiger partial charge in [0.1, 0.15) is 0 Å². The predicted octanol–water partition coefficient (Wildman–Crippen LogP) is -1.12. The Morgan fingerprint density at radius 3 is 3.11 bits per heavy atom. The normalized spacial score (nSPS) is 10.7. The fourth-order valence-electron chi connectivity index (χ4n) is 1.17. The molecule has 0 spiro atoms. The molecule has 0 aliphatic heterocycles. The van der Waals surface area contributed by atoms with E-state index in [2.05, 4.69) is 20.8 Å². The first-order chi connectivity index (χ1) is 8.74. The van der Waals surface area contributed by atoms with Crippen LogP contribution in [0.25, 0.3) is 0 Å². The van der Waals surface area contributed by atoms with Crippen molar-refractivity contribution < 1.29 is 9.53 Å². The molecule has 0 atom stereocenters. The van der Waals surface area contributed by atoms with E-state index >= 15 is 0 Å². The third-order valence-corrected chi connectivity index (χ3v) is 3.02. The van der Waals surface area contributed by atoms with Crippen LogP contribution >= 0.6 is 11.8 Å². The molecule has 9 heteroatoms. The molecule has 8 nitrogen and oxygen atoms in total. The SMILES string of the molecule is COCCNCCn1nnnc1SCCC(N)=O. The number of ether oxygens (including phenoxy) is 1. The molecule has 0 saturated heterocycles. The quantitative estimate of drug-likeness (QED) is 0.411. The van der Waals surface area contributed by atoms with Gasteiger partial charge in [0.25, 0.3) is 0 Å². The molecule has 0 aliphatic carbocycles. The number of carbonyl (C=O) groups excluding carboxylic acids is 1. The lowest BCUT2D eigenvalue weighted by Gasteiger charge is -2.05. The average molecular weight is 274 g/mol. The summed E-state index contributed by atoms with van der Waals surface area (Å²) in [6.07, 6.45) is 0.323.